The number of thiophene rings is 1. The van der Waals surface area contributed by atoms with Gasteiger partial charge >= 0.3 is 0 Å². The highest BCUT2D eigenvalue weighted by Gasteiger charge is 2.27. The Bertz CT molecular complexity index is 625. The van der Waals surface area contributed by atoms with Gasteiger partial charge in [0.1, 0.15) is 19.1 Å². The second kappa shape index (κ2) is 8.06. The third-order valence-corrected chi connectivity index (χ3v) is 5.60. The van der Waals surface area contributed by atoms with Crippen LogP contribution in [0.4, 0.5) is 0 Å². The number of carbonyl (C=O) groups excluding carboxylic acids is 1. The number of hydrogen-bond donors (Lipinski definition) is 2. The molecule has 122 valence electrons. The monoisotopic (exact) mass is 395 g/mol. The Morgan fingerprint density at radius 3 is 2.65 bits per heavy atom. The van der Waals surface area contributed by atoms with Crippen LogP contribution in [0.25, 0.3) is 0 Å². The molecule has 1 fully saturated rings. The van der Waals surface area contributed by atoms with E-state index in [-0.39, 0.29) is 5.91 Å². The molecule has 1 aliphatic heterocycles. The van der Waals surface area contributed by atoms with Gasteiger partial charge in [-0.05, 0) is 35.7 Å². The molecule has 6 heteroatoms. The van der Waals surface area contributed by atoms with Crippen LogP contribution in [0.15, 0.2) is 46.3 Å². The molecule has 0 bridgehead atoms. The normalized spacial score (nSPS) is 16.9. The Morgan fingerprint density at radius 2 is 2.00 bits per heavy atom. The van der Waals surface area contributed by atoms with Crippen molar-refractivity contribution in [3.8, 4) is 0 Å². The van der Waals surface area contributed by atoms with Crippen LogP contribution in [0.2, 0.25) is 0 Å². The van der Waals surface area contributed by atoms with Gasteiger partial charge < -0.3 is 15.0 Å². The van der Waals surface area contributed by atoms with Gasteiger partial charge in [0.2, 0.25) is 0 Å². The first-order chi connectivity index (χ1) is 11.2. The third kappa shape index (κ3) is 4.41. The number of hydrogen-bond acceptors (Lipinski definition) is 3. The summed E-state index contributed by atoms with van der Waals surface area (Å²) in [4.78, 5) is 15.2. The van der Waals surface area contributed by atoms with Crippen molar-refractivity contribution >= 4 is 33.2 Å². The predicted octanol–water partition coefficient (Wildman–Crippen LogP) is 1.90. The van der Waals surface area contributed by atoms with Crippen molar-refractivity contribution in [2.24, 2.45) is 0 Å². The number of ether oxygens (including phenoxy) is 1. The van der Waals surface area contributed by atoms with Gasteiger partial charge in [-0.2, -0.15) is 0 Å². The van der Waals surface area contributed by atoms with Crippen LogP contribution in [0.1, 0.15) is 21.3 Å². The molecule has 2 heterocycles. The second-order valence-corrected chi connectivity index (χ2v) is 7.45. The number of benzene rings is 1. The zero-order chi connectivity index (χ0) is 16.1. The standard InChI is InChI=1S/C17H19BrN2O2S/c18-14-5-3-13(4-6-14)17(21)19-12-15(16-2-1-11-23-16)20-7-9-22-10-8-20/h1-6,11,15H,7-10,12H2,(H,19,21)/p+1/t15-/m1/s1. The molecular formula is C17H20BrN2O2S+. The molecule has 3 rings (SSSR count). The van der Waals surface area contributed by atoms with Crippen LogP contribution in [-0.4, -0.2) is 38.8 Å². The van der Waals surface area contributed by atoms with E-state index >= 15 is 0 Å². The van der Waals surface area contributed by atoms with E-state index in [2.05, 4.69) is 38.8 Å². The summed E-state index contributed by atoms with van der Waals surface area (Å²) >= 11 is 5.14. The maximum absolute atomic E-state index is 12.4. The molecule has 1 aromatic heterocycles. The molecule has 0 radical (unpaired) electrons. The van der Waals surface area contributed by atoms with E-state index in [4.69, 9.17) is 4.74 Å². The molecule has 0 aliphatic carbocycles. The summed E-state index contributed by atoms with van der Waals surface area (Å²) in [6.07, 6.45) is 0. The molecule has 1 aromatic carbocycles. The first-order valence-electron chi connectivity index (χ1n) is 7.73. The van der Waals surface area contributed by atoms with Crippen molar-refractivity contribution in [2.75, 3.05) is 32.8 Å². The summed E-state index contributed by atoms with van der Waals surface area (Å²) in [6, 6.07) is 12.0. The molecule has 1 saturated heterocycles. The maximum atomic E-state index is 12.4. The Labute approximate surface area is 148 Å². The maximum Gasteiger partial charge on any atom is 0.251 e. The molecule has 0 saturated carbocycles. The van der Waals surface area contributed by atoms with Crippen molar-refractivity contribution in [3.63, 3.8) is 0 Å². The van der Waals surface area contributed by atoms with Gasteiger partial charge in [-0.15, -0.1) is 11.3 Å². The predicted molar refractivity (Wildman–Crippen MR) is 95.1 cm³/mol. The van der Waals surface area contributed by atoms with Gasteiger partial charge in [-0.25, -0.2) is 0 Å². The van der Waals surface area contributed by atoms with Gasteiger partial charge in [-0.1, -0.05) is 22.0 Å². The molecule has 2 N–H and O–H groups in total. The lowest BCUT2D eigenvalue weighted by atomic mass is 10.1. The lowest BCUT2D eigenvalue weighted by molar-refractivity contribution is -0.937. The van der Waals surface area contributed by atoms with E-state index in [0.29, 0.717) is 18.2 Å². The molecule has 1 atom stereocenters. The Hall–Kier alpha value is -1.21. The molecule has 1 amide bonds. The topological polar surface area (TPSA) is 42.8 Å². The van der Waals surface area contributed by atoms with E-state index in [0.717, 1.165) is 30.8 Å². The summed E-state index contributed by atoms with van der Waals surface area (Å²) < 4.78 is 6.44. The summed E-state index contributed by atoms with van der Waals surface area (Å²) in [6.45, 7) is 4.19. The number of rotatable bonds is 5. The fourth-order valence-corrected chi connectivity index (χ4v) is 3.97. The van der Waals surface area contributed by atoms with Crippen LogP contribution in [0.3, 0.4) is 0 Å². The van der Waals surface area contributed by atoms with E-state index in [1.165, 1.54) is 9.78 Å². The zero-order valence-electron chi connectivity index (χ0n) is 12.8. The number of morpholine rings is 1. The van der Waals surface area contributed by atoms with Crippen LogP contribution in [-0.2, 0) is 4.74 Å². The van der Waals surface area contributed by atoms with E-state index in [1.807, 2.05) is 24.3 Å². The van der Waals surface area contributed by atoms with Gasteiger partial charge in [0.05, 0.1) is 24.6 Å². The summed E-state index contributed by atoms with van der Waals surface area (Å²) in [7, 11) is 0. The van der Waals surface area contributed by atoms with Crippen LogP contribution < -0.4 is 10.2 Å². The molecule has 0 spiro atoms. The summed E-state index contributed by atoms with van der Waals surface area (Å²) in [5.41, 5.74) is 0.690. The zero-order valence-corrected chi connectivity index (χ0v) is 15.2. The average molecular weight is 396 g/mol. The summed E-state index contributed by atoms with van der Waals surface area (Å²) in [5, 5.41) is 5.19. The fraction of sp³-hybridized carbons (Fsp3) is 0.353. The van der Waals surface area contributed by atoms with Gasteiger partial charge in [0.25, 0.3) is 5.91 Å². The molecule has 23 heavy (non-hydrogen) atoms. The van der Waals surface area contributed by atoms with Crippen molar-refractivity contribution < 1.29 is 14.4 Å². The van der Waals surface area contributed by atoms with E-state index in [1.54, 1.807) is 11.3 Å². The smallest absolute Gasteiger partial charge is 0.251 e. The highest BCUT2D eigenvalue weighted by atomic mass is 79.9. The fourth-order valence-electron chi connectivity index (χ4n) is 2.82. The molecule has 0 unspecified atom stereocenters. The number of halogens is 1. The third-order valence-electron chi connectivity index (χ3n) is 4.09. The van der Waals surface area contributed by atoms with Gasteiger partial charge in [-0.3, -0.25) is 4.79 Å². The van der Waals surface area contributed by atoms with Gasteiger partial charge in [0.15, 0.2) is 0 Å². The molecule has 2 aromatic rings. The largest absolute Gasteiger partial charge is 0.370 e. The minimum atomic E-state index is -0.0216. The first-order valence-corrected chi connectivity index (χ1v) is 9.41. The SMILES string of the molecule is O=C(NC[C@H](c1cccs1)[NH+]1CCOCC1)c1ccc(Br)cc1. The number of quaternary nitrogens is 1. The first kappa shape index (κ1) is 16.6. The van der Waals surface area contributed by atoms with Crippen LogP contribution in [0.5, 0.6) is 0 Å². The minimum Gasteiger partial charge on any atom is -0.370 e. The van der Waals surface area contributed by atoms with Crippen LogP contribution in [0, 0.1) is 0 Å². The Balaban J connectivity index is 1.66. The van der Waals surface area contributed by atoms with E-state index < -0.39 is 0 Å². The minimum absolute atomic E-state index is 0.0216. The molecular weight excluding hydrogens is 376 g/mol. The molecule has 1 aliphatic rings. The summed E-state index contributed by atoms with van der Waals surface area (Å²) in [5.74, 6) is -0.0216. The second-order valence-electron chi connectivity index (χ2n) is 5.56. The Morgan fingerprint density at radius 1 is 1.26 bits per heavy atom. The molecule has 4 nitrogen and oxygen atoms in total. The van der Waals surface area contributed by atoms with Gasteiger partial charge in [0, 0.05) is 10.0 Å². The lowest BCUT2D eigenvalue weighted by Crippen LogP contribution is -3.15. The highest BCUT2D eigenvalue weighted by molar-refractivity contribution is 9.10. The number of nitrogens with one attached hydrogen (secondary N) is 2. The van der Waals surface area contributed by atoms with Crippen molar-refractivity contribution in [1.29, 1.82) is 0 Å². The van der Waals surface area contributed by atoms with Crippen molar-refractivity contribution in [1.82, 2.24) is 5.32 Å². The average Bonchev–Trinajstić information content (AvgIpc) is 3.11. The van der Waals surface area contributed by atoms with E-state index in [9.17, 15) is 4.79 Å². The lowest BCUT2D eigenvalue weighted by Gasteiger charge is -2.31. The Kier molecular flexibility index (Phi) is 5.83. The number of amides is 1. The highest BCUT2D eigenvalue weighted by Crippen LogP contribution is 2.17. The van der Waals surface area contributed by atoms with Crippen LogP contribution >= 0.6 is 27.3 Å². The van der Waals surface area contributed by atoms with Crippen molar-refractivity contribution in [2.45, 2.75) is 6.04 Å². The quantitative estimate of drug-likeness (QED) is 0.811. The number of carbonyl (C=O) groups is 1. The van der Waals surface area contributed by atoms with Crippen molar-refractivity contribution in [3.05, 3.63) is 56.7 Å².